The maximum Gasteiger partial charge on any atom is 0.257 e. The molecule has 0 aliphatic heterocycles. The summed E-state index contributed by atoms with van der Waals surface area (Å²) in [6.45, 7) is 2.28. The van der Waals surface area contributed by atoms with E-state index in [9.17, 15) is 9.59 Å². The molecule has 114 valence electrons. The summed E-state index contributed by atoms with van der Waals surface area (Å²) in [5.41, 5.74) is 6.56. The molecule has 5 heteroatoms. The molecule has 1 saturated carbocycles. The molecule has 0 aromatic heterocycles. The van der Waals surface area contributed by atoms with E-state index in [1.165, 1.54) is 0 Å². The lowest BCUT2D eigenvalue weighted by atomic mass is 10.1. The molecule has 1 aliphatic rings. The molecule has 1 aliphatic carbocycles. The van der Waals surface area contributed by atoms with Crippen LogP contribution in [-0.4, -0.2) is 30.9 Å². The van der Waals surface area contributed by atoms with Crippen LogP contribution < -0.4 is 15.8 Å². The van der Waals surface area contributed by atoms with Crippen LogP contribution in [0, 0.1) is 5.92 Å². The third-order valence-corrected chi connectivity index (χ3v) is 3.63. The van der Waals surface area contributed by atoms with Crippen LogP contribution in [0.4, 0.5) is 0 Å². The second-order valence-corrected chi connectivity index (χ2v) is 5.40. The Kier molecular flexibility index (Phi) is 5.33. The van der Waals surface area contributed by atoms with Gasteiger partial charge in [-0.05, 0) is 43.0 Å². The van der Waals surface area contributed by atoms with Crippen molar-refractivity contribution in [1.29, 1.82) is 0 Å². The lowest BCUT2D eigenvalue weighted by Crippen LogP contribution is -2.40. The van der Waals surface area contributed by atoms with E-state index in [1.807, 2.05) is 6.92 Å². The number of amides is 1. The molecule has 1 unspecified atom stereocenters. The lowest BCUT2D eigenvalue weighted by Gasteiger charge is -2.12. The summed E-state index contributed by atoms with van der Waals surface area (Å²) >= 11 is 0. The second-order valence-electron chi connectivity index (χ2n) is 5.40. The van der Waals surface area contributed by atoms with Crippen LogP contribution in [-0.2, 0) is 4.79 Å². The number of nitrogens with two attached hydrogens (primary N) is 1. The van der Waals surface area contributed by atoms with E-state index in [0.717, 1.165) is 12.8 Å². The fourth-order valence-corrected chi connectivity index (χ4v) is 2.06. The van der Waals surface area contributed by atoms with Crippen molar-refractivity contribution in [2.24, 2.45) is 11.7 Å². The van der Waals surface area contributed by atoms with Crippen molar-refractivity contribution in [3.05, 3.63) is 29.8 Å². The van der Waals surface area contributed by atoms with Gasteiger partial charge in [0.2, 0.25) is 0 Å². The predicted molar refractivity (Wildman–Crippen MR) is 80.3 cm³/mol. The molecule has 0 bridgehead atoms. The van der Waals surface area contributed by atoms with Gasteiger partial charge in [0, 0.05) is 24.6 Å². The molecule has 0 spiro atoms. The van der Waals surface area contributed by atoms with Crippen molar-refractivity contribution in [3.8, 4) is 5.75 Å². The highest BCUT2D eigenvalue weighted by Crippen LogP contribution is 2.31. The molecule has 5 nitrogen and oxygen atoms in total. The van der Waals surface area contributed by atoms with E-state index in [1.54, 1.807) is 24.3 Å². The van der Waals surface area contributed by atoms with Gasteiger partial charge in [-0.2, -0.15) is 0 Å². The summed E-state index contributed by atoms with van der Waals surface area (Å²) in [5, 5.41) is 2.77. The number of hydrogen-bond acceptors (Lipinski definition) is 4. The van der Waals surface area contributed by atoms with Crippen molar-refractivity contribution >= 4 is 11.7 Å². The van der Waals surface area contributed by atoms with Gasteiger partial charge in [-0.1, -0.05) is 6.92 Å². The quantitative estimate of drug-likeness (QED) is 0.711. The van der Waals surface area contributed by atoms with Crippen molar-refractivity contribution < 1.29 is 14.3 Å². The zero-order valence-corrected chi connectivity index (χ0v) is 12.3. The van der Waals surface area contributed by atoms with E-state index in [2.05, 4.69) is 5.32 Å². The van der Waals surface area contributed by atoms with Crippen LogP contribution in [0.25, 0.3) is 0 Å². The van der Waals surface area contributed by atoms with Crippen molar-refractivity contribution in [2.75, 3.05) is 13.2 Å². The number of ether oxygens (including phenoxy) is 1. The van der Waals surface area contributed by atoms with E-state index < -0.39 is 0 Å². The van der Waals surface area contributed by atoms with E-state index in [4.69, 9.17) is 10.5 Å². The largest absolute Gasteiger partial charge is 0.484 e. The number of rotatable bonds is 8. The molecule has 1 fully saturated rings. The van der Waals surface area contributed by atoms with Gasteiger partial charge >= 0.3 is 0 Å². The predicted octanol–water partition coefficient (Wildman–Crippen LogP) is 1.51. The van der Waals surface area contributed by atoms with Crippen molar-refractivity contribution in [2.45, 2.75) is 32.2 Å². The standard InChI is InChI=1S/C16H22N2O3/c1-2-15(19)12-5-7-13(8-6-12)21-10-16(20)18-9-14(17)11-3-4-11/h5-8,11,14H,2-4,9-10,17H2,1H3,(H,18,20). The van der Waals surface area contributed by atoms with Gasteiger partial charge in [0.05, 0.1) is 0 Å². The van der Waals surface area contributed by atoms with Gasteiger partial charge in [0.25, 0.3) is 5.91 Å². The zero-order chi connectivity index (χ0) is 15.2. The Morgan fingerprint density at radius 2 is 2.00 bits per heavy atom. The summed E-state index contributed by atoms with van der Waals surface area (Å²) < 4.78 is 5.38. The number of nitrogens with one attached hydrogen (secondary N) is 1. The highest BCUT2D eigenvalue weighted by Gasteiger charge is 2.28. The number of benzene rings is 1. The normalized spacial score (nSPS) is 15.3. The summed E-state index contributed by atoms with van der Waals surface area (Å²) in [4.78, 5) is 23.1. The van der Waals surface area contributed by atoms with Crippen LogP contribution >= 0.6 is 0 Å². The minimum atomic E-state index is -0.181. The molecule has 1 amide bonds. The molecule has 2 rings (SSSR count). The number of carbonyl (C=O) groups is 2. The molecular formula is C16H22N2O3. The second kappa shape index (κ2) is 7.22. The maximum absolute atomic E-state index is 11.6. The molecule has 0 heterocycles. The van der Waals surface area contributed by atoms with E-state index in [-0.39, 0.29) is 24.3 Å². The summed E-state index contributed by atoms with van der Waals surface area (Å²) in [7, 11) is 0. The zero-order valence-electron chi connectivity index (χ0n) is 12.3. The van der Waals surface area contributed by atoms with Crippen LogP contribution in [0.1, 0.15) is 36.5 Å². The Morgan fingerprint density at radius 1 is 1.33 bits per heavy atom. The van der Waals surface area contributed by atoms with Crippen LogP contribution in [0.15, 0.2) is 24.3 Å². The number of carbonyl (C=O) groups excluding carboxylic acids is 2. The molecular weight excluding hydrogens is 268 g/mol. The van der Waals surface area contributed by atoms with Gasteiger partial charge < -0.3 is 15.8 Å². The average molecular weight is 290 g/mol. The van der Waals surface area contributed by atoms with Gasteiger partial charge in [-0.3, -0.25) is 9.59 Å². The fraction of sp³-hybridized carbons (Fsp3) is 0.500. The Balaban J connectivity index is 1.71. The van der Waals surface area contributed by atoms with Crippen LogP contribution in [0.2, 0.25) is 0 Å². The average Bonchev–Trinajstić information content (AvgIpc) is 3.35. The number of Topliss-reactive ketones (excluding diaryl/α,β-unsaturated/α-hetero) is 1. The highest BCUT2D eigenvalue weighted by molar-refractivity contribution is 5.95. The summed E-state index contributed by atoms with van der Waals surface area (Å²) in [6.07, 6.45) is 2.80. The Bertz CT molecular complexity index is 495. The first kappa shape index (κ1) is 15.5. The topological polar surface area (TPSA) is 81.4 Å². The van der Waals surface area contributed by atoms with Crippen LogP contribution in [0.5, 0.6) is 5.75 Å². The van der Waals surface area contributed by atoms with Gasteiger partial charge in [-0.15, -0.1) is 0 Å². The Morgan fingerprint density at radius 3 is 2.57 bits per heavy atom. The molecule has 1 atom stereocenters. The van der Waals surface area contributed by atoms with Crippen molar-refractivity contribution in [3.63, 3.8) is 0 Å². The van der Waals surface area contributed by atoms with Gasteiger partial charge in [-0.25, -0.2) is 0 Å². The first-order chi connectivity index (χ1) is 10.1. The fourth-order valence-electron chi connectivity index (χ4n) is 2.06. The highest BCUT2D eigenvalue weighted by atomic mass is 16.5. The SMILES string of the molecule is CCC(=O)c1ccc(OCC(=O)NCC(N)C2CC2)cc1. The van der Waals surface area contributed by atoms with Gasteiger partial charge in [0.1, 0.15) is 5.75 Å². The minimum Gasteiger partial charge on any atom is -0.484 e. The van der Waals surface area contributed by atoms with Crippen LogP contribution in [0.3, 0.4) is 0 Å². The number of hydrogen-bond donors (Lipinski definition) is 2. The first-order valence-electron chi connectivity index (χ1n) is 7.38. The molecule has 3 N–H and O–H groups in total. The lowest BCUT2D eigenvalue weighted by molar-refractivity contribution is -0.123. The smallest absolute Gasteiger partial charge is 0.257 e. The van der Waals surface area contributed by atoms with Gasteiger partial charge in [0.15, 0.2) is 12.4 Å². The third kappa shape index (κ3) is 4.86. The molecule has 0 radical (unpaired) electrons. The Labute approximate surface area is 124 Å². The monoisotopic (exact) mass is 290 g/mol. The summed E-state index contributed by atoms with van der Waals surface area (Å²) in [6, 6.07) is 6.87. The van der Waals surface area contributed by atoms with Crippen molar-refractivity contribution in [1.82, 2.24) is 5.32 Å². The molecule has 21 heavy (non-hydrogen) atoms. The first-order valence-corrected chi connectivity index (χ1v) is 7.38. The Hall–Kier alpha value is -1.88. The molecule has 0 saturated heterocycles. The summed E-state index contributed by atoms with van der Waals surface area (Å²) in [5.74, 6) is 1.05. The van der Waals surface area contributed by atoms with E-state index in [0.29, 0.717) is 30.2 Å². The number of ketones is 1. The minimum absolute atomic E-state index is 0.0432. The van der Waals surface area contributed by atoms with E-state index >= 15 is 0 Å². The third-order valence-electron chi connectivity index (χ3n) is 3.63. The molecule has 1 aromatic carbocycles. The maximum atomic E-state index is 11.6. The molecule has 1 aromatic rings.